The van der Waals surface area contributed by atoms with E-state index in [2.05, 4.69) is 14.7 Å². The number of halogens is 4. The summed E-state index contributed by atoms with van der Waals surface area (Å²) >= 11 is 3.09. The number of hydrogen-bond donors (Lipinski definition) is 1. The minimum absolute atomic E-state index is 0.347. The lowest BCUT2D eigenvalue weighted by Crippen LogP contribution is -1.95. The molecular formula is C34H26F4N2O2S2. The van der Waals surface area contributed by atoms with Crippen molar-refractivity contribution in [3.63, 3.8) is 0 Å². The predicted octanol–water partition coefficient (Wildman–Crippen LogP) is 9.37. The lowest BCUT2D eigenvalue weighted by Gasteiger charge is -2.08. The third-order valence-corrected chi connectivity index (χ3v) is 8.74. The van der Waals surface area contributed by atoms with E-state index in [0.29, 0.717) is 29.1 Å². The van der Waals surface area contributed by atoms with Gasteiger partial charge in [0.2, 0.25) is 0 Å². The molecule has 0 spiro atoms. The molecule has 6 aromatic rings. The van der Waals surface area contributed by atoms with E-state index < -0.39 is 29.0 Å². The van der Waals surface area contributed by atoms with Crippen LogP contribution in [0.2, 0.25) is 0 Å². The normalized spacial score (nSPS) is 10.9. The molecule has 44 heavy (non-hydrogen) atoms. The van der Waals surface area contributed by atoms with Crippen LogP contribution in [0.5, 0.6) is 11.5 Å². The fourth-order valence-electron chi connectivity index (χ4n) is 4.48. The topological polar surface area (TPSA) is 55.2 Å². The lowest BCUT2D eigenvalue weighted by atomic mass is 10.1. The number of hydrogen-bond acceptors (Lipinski definition) is 6. The zero-order valence-electron chi connectivity index (χ0n) is 23.4. The predicted molar refractivity (Wildman–Crippen MR) is 168 cm³/mol. The van der Waals surface area contributed by atoms with Crippen molar-refractivity contribution in [3.05, 3.63) is 132 Å². The van der Waals surface area contributed by atoms with Gasteiger partial charge in [-0.2, -0.15) is 0 Å². The van der Waals surface area contributed by atoms with E-state index in [9.17, 15) is 17.6 Å². The van der Waals surface area contributed by atoms with Gasteiger partial charge in [-0.3, -0.25) is 9.97 Å². The monoisotopic (exact) mass is 634 g/mol. The van der Waals surface area contributed by atoms with Crippen LogP contribution in [0.4, 0.5) is 17.6 Å². The zero-order chi connectivity index (χ0) is 31.1. The van der Waals surface area contributed by atoms with Crippen LogP contribution >= 0.6 is 23.5 Å². The molecule has 0 atom stereocenters. The number of benzene rings is 4. The molecule has 0 fully saturated rings. The molecule has 0 aliphatic carbocycles. The molecule has 0 aliphatic heterocycles. The number of aryl methyl sites for hydroxylation is 1. The van der Waals surface area contributed by atoms with Crippen LogP contribution < -0.4 is 4.74 Å². The second-order valence-electron chi connectivity index (χ2n) is 9.55. The Hall–Kier alpha value is -4.28. The second-order valence-corrected chi connectivity index (χ2v) is 11.7. The number of rotatable bonds is 8. The molecule has 0 saturated heterocycles. The van der Waals surface area contributed by atoms with Gasteiger partial charge in [0, 0.05) is 44.5 Å². The number of phenols is 1. The summed E-state index contributed by atoms with van der Waals surface area (Å²) in [6, 6.07) is 24.5. The molecule has 4 nitrogen and oxygen atoms in total. The van der Waals surface area contributed by atoms with Gasteiger partial charge in [-0.15, -0.1) is 23.5 Å². The SMILES string of the molecule is COc1c(F)cc(CSc2cccc3cccnc23)cc1F.Oc1c(F)cc(CCSc2cccc3cccnc23)cc1F. The summed E-state index contributed by atoms with van der Waals surface area (Å²) in [7, 11) is 1.25. The smallest absolute Gasteiger partial charge is 0.190 e. The van der Waals surface area contributed by atoms with Crippen molar-refractivity contribution in [1.29, 1.82) is 0 Å². The lowest BCUT2D eigenvalue weighted by molar-refractivity contribution is 0.359. The average molecular weight is 635 g/mol. The number of methoxy groups -OCH3 is 1. The average Bonchev–Trinajstić information content (AvgIpc) is 3.03. The molecule has 4 aromatic carbocycles. The van der Waals surface area contributed by atoms with Crippen LogP contribution in [0.3, 0.4) is 0 Å². The van der Waals surface area contributed by atoms with Crippen molar-refractivity contribution in [2.75, 3.05) is 12.9 Å². The number of thioether (sulfide) groups is 2. The first-order chi connectivity index (χ1) is 21.3. The summed E-state index contributed by atoms with van der Waals surface area (Å²) in [5.41, 5.74) is 2.91. The maximum Gasteiger partial charge on any atom is 0.190 e. The van der Waals surface area contributed by atoms with E-state index in [-0.39, 0.29) is 5.75 Å². The Morgan fingerprint density at radius 2 is 1.16 bits per heavy atom. The largest absolute Gasteiger partial charge is 0.503 e. The van der Waals surface area contributed by atoms with Crippen LogP contribution in [0, 0.1) is 23.3 Å². The molecule has 224 valence electrons. The van der Waals surface area contributed by atoms with Crippen molar-refractivity contribution in [2.45, 2.75) is 22.0 Å². The Morgan fingerprint density at radius 1 is 0.659 bits per heavy atom. The number of aromatic nitrogens is 2. The molecule has 0 amide bonds. The van der Waals surface area contributed by atoms with E-state index in [0.717, 1.165) is 31.6 Å². The third kappa shape index (κ3) is 7.43. The molecule has 0 aliphatic rings. The molecule has 1 N–H and O–H groups in total. The van der Waals surface area contributed by atoms with Crippen molar-refractivity contribution in [2.24, 2.45) is 0 Å². The molecule has 0 radical (unpaired) electrons. The Morgan fingerprint density at radius 3 is 1.70 bits per heavy atom. The quantitative estimate of drug-likeness (QED) is 0.133. The Bertz CT molecular complexity index is 1870. The Balaban J connectivity index is 0.000000175. The highest BCUT2D eigenvalue weighted by molar-refractivity contribution is 7.99. The zero-order valence-corrected chi connectivity index (χ0v) is 25.1. The van der Waals surface area contributed by atoms with Crippen LogP contribution in [0.1, 0.15) is 11.1 Å². The first kappa shape index (κ1) is 31.2. The van der Waals surface area contributed by atoms with Gasteiger partial charge in [0.05, 0.1) is 18.1 Å². The maximum atomic E-state index is 13.7. The van der Waals surface area contributed by atoms with Gasteiger partial charge in [0.1, 0.15) is 0 Å². The standard InChI is InChI=1S/2C17H13F2NOS/c1-21-17-13(18)8-11(9-14(17)19)10-22-15-6-2-4-12-5-3-7-20-16(12)15;18-13-9-11(10-14(19)17(13)21)6-8-22-15-5-1-3-12-4-2-7-20-16(12)15/h2-9H,10H2,1H3;1-5,7,9-10,21H,6,8H2. The first-order valence-corrected chi connectivity index (χ1v) is 15.4. The van der Waals surface area contributed by atoms with E-state index >= 15 is 0 Å². The summed E-state index contributed by atoms with van der Waals surface area (Å²) in [6.45, 7) is 0. The van der Waals surface area contributed by atoms with Crippen LogP contribution in [-0.4, -0.2) is 27.9 Å². The highest BCUT2D eigenvalue weighted by Crippen LogP contribution is 2.31. The second kappa shape index (κ2) is 14.5. The van der Waals surface area contributed by atoms with E-state index in [1.54, 1.807) is 24.2 Å². The number of phenolic OH excluding ortho intramolecular Hbond substituents is 1. The number of fused-ring (bicyclic) bond motifs is 2. The summed E-state index contributed by atoms with van der Waals surface area (Å²) in [5, 5.41) is 11.2. The fourth-order valence-corrected chi connectivity index (χ4v) is 6.49. The number of para-hydroxylation sites is 2. The van der Waals surface area contributed by atoms with Gasteiger partial charge >= 0.3 is 0 Å². The Kier molecular flexibility index (Phi) is 10.2. The molecule has 2 aromatic heterocycles. The fraction of sp³-hybridized carbons (Fsp3) is 0.118. The number of nitrogens with zero attached hydrogens (tertiary/aromatic N) is 2. The first-order valence-electron chi connectivity index (χ1n) is 13.5. The minimum Gasteiger partial charge on any atom is -0.503 e. The van der Waals surface area contributed by atoms with Crippen LogP contribution in [0.25, 0.3) is 21.8 Å². The summed E-state index contributed by atoms with van der Waals surface area (Å²) in [5.74, 6) is -3.37. The number of ether oxygens (including phenoxy) is 1. The van der Waals surface area contributed by atoms with Crippen LogP contribution in [-0.2, 0) is 12.2 Å². The van der Waals surface area contributed by atoms with Gasteiger partial charge in [-0.25, -0.2) is 17.6 Å². The molecule has 10 heteroatoms. The molecule has 2 heterocycles. The van der Waals surface area contributed by atoms with Crippen molar-refractivity contribution < 1.29 is 27.4 Å². The van der Waals surface area contributed by atoms with Gasteiger partial charge in [-0.05, 0) is 66.1 Å². The molecular weight excluding hydrogens is 609 g/mol. The van der Waals surface area contributed by atoms with E-state index in [1.807, 2.05) is 60.7 Å². The van der Waals surface area contributed by atoms with Gasteiger partial charge in [0.25, 0.3) is 0 Å². The van der Waals surface area contributed by atoms with Crippen molar-refractivity contribution >= 4 is 45.3 Å². The number of aromatic hydroxyl groups is 1. The molecule has 0 unspecified atom stereocenters. The summed E-state index contributed by atoms with van der Waals surface area (Å²) in [4.78, 5) is 10.8. The summed E-state index contributed by atoms with van der Waals surface area (Å²) < 4.78 is 58.7. The highest BCUT2D eigenvalue weighted by Gasteiger charge is 2.13. The maximum absolute atomic E-state index is 13.7. The molecule has 6 rings (SSSR count). The third-order valence-electron chi connectivity index (χ3n) is 6.57. The van der Waals surface area contributed by atoms with Crippen LogP contribution in [0.15, 0.2) is 107 Å². The molecule has 0 saturated carbocycles. The highest BCUT2D eigenvalue weighted by atomic mass is 32.2. The Labute approximate surface area is 260 Å². The minimum atomic E-state index is -0.924. The molecule has 0 bridgehead atoms. The van der Waals surface area contributed by atoms with Crippen molar-refractivity contribution in [3.8, 4) is 11.5 Å². The summed E-state index contributed by atoms with van der Waals surface area (Å²) in [6.07, 6.45) is 3.98. The number of pyridine rings is 2. The van der Waals surface area contributed by atoms with Gasteiger partial charge in [-0.1, -0.05) is 36.4 Å². The van der Waals surface area contributed by atoms with E-state index in [4.69, 9.17) is 5.11 Å². The van der Waals surface area contributed by atoms with Gasteiger partial charge in [0.15, 0.2) is 34.8 Å². The van der Waals surface area contributed by atoms with Crippen molar-refractivity contribution in [1.82, 2.24) is 9.97 Å². The van der Waals surface area contributed by atoms with Gasteiger partial charge < -0.3 is 9.84 Å². The van der Waals surface area contributed by atoms with E-state index in [1.165, 1.54) is 43.1 Å².